The van der Waals surface area contributed by atoms with E-state index in [1.165, 1.54) is 21.7 Å². The fourth-order valence-corrected chi connectivity index (χ4v) is 6.52. The molecule has 3 heterocycles. The average Bonchev–Trinajstić information content (AvgIpc) is 3.65. The molecule has 0 unspecified atom stereocenters. The van der Waals surface area contributed by atoms with E-state index in [9.17, 15) is 0 Å². The van der Waals surface area contributed by atoms with Gasteiger partial charge in [0.1, 0.15) is 5.65 Å². The van der Waals surface area contributed by atoms with Crippen molar-refractivity contribution in [1.82, 2.24) is 24.1 Å². The third-order valence-corrected chi connectivity index (χ3v) is 8.55. The van der Waals surface area contributed by atoms with Gasteiger partial charge in [0.2, 0.25) is 0 Å². The molecule has 0 N–H and O–H groups in total. The maximum absolute atomic E-state index is 5.01. The highest BCUT2D eigenvalue weighted by Gasteiger charge is 2.22. The minimum Gasteiger partial charge on any atom is -0.295 e. The predicted molar refractivity (Wildman–Crippen MR) is 187 cm³/mol. The van der Waals surface area contributed by atoms with Gasteiger partial charge in [-0.2, -0.15) is 0 Å². The molecule has 9 aromatic rings. The second-order valence-electron chi connectivity index (χ2n) is 11.3. The van der Waals surface area contributed by atoms with Crippen LogP contribution in [0.25, 0.3) is 78.4 Å². The quantitative estimate of drug-likeness (QED) is 0.201. The lowest BCUT2D eigenvalue weighted by Crippen LogP contribution is -2.03. The molecule has 6 aromatic carbocycles. The van der Waals surface area contributed by atoms with Crippen molar-refractivity contribution in [2.75, 3.05) is 0 Å². The summed E-state index contributed by atoms with van der Waals surface area (Å²) in [6, 6.07) is 56.7. The minimum absolute atomic E-state index is 0.630. The van der Waals surface area contributed by atoms with E-state index in [-0.39, 0.29) is 0 Å². The van der Waals surface area contributed by atoms with Gasteiger partial charge in [0, 0.05) is 44.2 Å². The Bertz CT molecular complexity index is 2460. The van der Waals surface area contributed by atoms with Gasteiger partial charge in [0.05, 0.1) is 11.0 Å². The van der Waals surface area contributed by atoms with Crippen molar-refractivity contribution in [1.29, 1.82) is 0 Å². The van der Waals surface area contributed by atoms with E-state index >= 15 is 0 Å². The molecule has 216 valence electrons. The molecule has 0 bridgehead atoms. The van der Waals surface area contributed by atoms with E-state index < -0.39 is 0 Å². The number of rotatable bonds is 5. The molecule has 0 atom stereocenters. The Balaban J connectivity index is 1.32. The minimum atomic E-state index is 0.630. The molecule has 5 nitrogen and oxygen atoms in total. The Morgan fingerprint density at radius 2 is 0.761 bits per heavy atom. The summed E-state index contributed by atoms with van der Waals surface area (Å²) in [6.45, 7) is 0. The van der Waals surface area contributed by atoms with Gasteiger partial charge < -0.3 is 0 Å². The number of fused-ring (bicyclic) bond motifs is 5. The van der Waals surface area contributed by atoms with Crippen molar-refractivity contribution < 1.29 is 0 Å². The zero-order valence-corrected chi connectivity index (χ0v) is 24.8. The lowest BCUT2D eigenvalue weighted by atomic mass is 10.1. The van der Waals surface area contributed by atoms with Gasteiger partial charge in [-0.3, -0.25) is 9.13 Å². The maximum atomic E-state index is 5.01. The number of hydrogen-bond donors (Lipinski definition) is 0. The first-order chi connectivity index (χ1) is 22.8. The fraction of sp³-hybridized carbons (Fsp3) is 0. The van der Waals surface area contributed by atoms with E-state index in [0.717, 1.165) is 39.2 Å². The Hall–Kier alpha value is -6.33. The van der Waals surface area contributed by atoms with Crippen LogP contribution in [0.15, 0.2) is 164 Å². The number of para-hydroxylation sites is 3. The summed E-state index contributed by atoms with van der Waals surface area (Å²) in [5.74, 6) is 1.92. The Kier molecular flexibility index (Phi) is 6.06. The van der Waals surface area contributed by atoms with Gasteiger partial charge >= 0.3 is 0 Å². The maximum Gasteiger partial charge on any atom is 0.164 e. The van der Waals surface area contributed by atoms with Gasteiger partial charge in [-0.15, -0.1) is 0 Å². The van der Waals surface area contributed by atoms with E-state index in [4.69, 9.17) is 15.0 Å². The largest absolute Gasteiger partial charge is 0.295 e. The lowest BCUT2D eigenvalue weighted by molar-refractivity contribution is 1.06. The Labute approximate surface area is 265 Å². The molecular formula is C41H27N5. The van der Waals surface area contributed by atoms with Crippen molar-refractivity contribution in [3.05, 3.63) is 164 Å². The van der Waals surface area contributed by atoms with Crippen molar-refractivity contribution >= 4 is 32.8 Å². The van der Waals surface area contributed by atoms with Crippen LogP contribution in [0.1, 0.15) is 0 Å². The van der Waals surface area contributed by atoms with Crippen molar-refractivity contribution in [3.8, 4) is 45.5 Å². The van der Waals surface area contributed by atoms with Crippen LogP contribution in [-0.2, 0) is 0 Å². The molecule has 46 heavy (non-hydrogen) atoms. The summed E-state index contributed by atoms with van der Waals surface area (Å²) in [7, 11) is 0. The molecule has 5 heteroatoms. The molecule has 0 aliphatic carbocycles. The summed E-state index contributed by atoms with van der Waals surface area (Å²) < 4.78 is 4.75. The number of benzene rings is 6. The molecule has 0 aliphatic heterocycles. The van der Waals surface area contributed by atoms with Gasteiger partial charge in [-0.25, -0.2) is 15.0 Å². The topological polar surface area (TPSA) is 48.5 Å². The van der Waals surface area contributed by atoms with Crippen LogP contribution < -0.4 is 0 Å². The molecule has 0 spiro atoms. The van der Waals surface area contributed by atoms with Crippen LogP contribution in [-0.4, -0.2) is 24.1 Å². The van der Waals surface area contributed by atoms with E-state index in [2.05, 4.69) is 112 Å². The zero-order chi connectivity index (χ0) is 30.5. The van der Waals surface area contributed by atoms with Crippen LogP contribution in [0.4, 0.5) is 0 Å². The van der Waals surface area contributed by atoms with Crippen molar-refractivity contribution in [2.24, 2.45) is 0 Å². The Morgan fingerprint density at radius 1 is 0.348 bits per heavy atom. The fourth-order valence-electron chi connectivity index (χ4n) is 6.52. The first-order valence-electron chi connectivity index (χ1n) is 15.4. The molecule has 0 saturated heterocycles. The van der Waals surface area contributed by atoms with Gasteiger partial charge in [0.25, 0.3) is 0 Å². The average molecular weight is 590 g/mol. The number of aromatic nitrogens is 5. The Morgan fingerprint density at radius 3 is 1.33 bits per heavy atom. The van der Waals surface area contributed by atoms with Crippen LogP contribution in [0.3, 0.4) is 0 Å². The van der Waals surface area contributed by atoms with Gasteiger partial charge in [0.15, 0.2) is 17.5 Å². The van der Waals surface area contributed by atoms with Crippen LogP contribution in [0.5, 0.6) is 0 Å². The lowest BCUT2D eigenvalue weighted by Gasteiger charge is -2.14. The second kappa shape index (κ2) is 10.7. The number of nitrogens with zero attached hydrogens (tertiary/aromatic N) is 5. The molecule has 0 aliphatic rings. The molecule has 0 amide bonds. The summed E-state index contributed by atoms with van der Waals surface area (Å²) >= 11 is 0. The first-order valence-corrected chi connectivity index (χ1v) is 15.4. The standard InChI is InChI=1S/C41H27N5/c1-4-15-28(16-5-1)38-42-39(29-17-6-2-7-18-29)44-40(43-38)30-19-14-22-32(27-30)46-36-26-13-11-24-34(36)37-33-23-10-12-25-35(33)45(41(37)46)31-20-8-3-9-21-31/h1-27H. The first kappa shape index (κ1) is 26.1. The van der Waals surface area contributed by atoms with Gasteiger partial charge in [-0.05, 0) is 36.4 Å². The van der Waals surface area contributed by atoms with Crippen molar-refractivity contribution in [2.45, 2.75) is 0 Å². The highest BCUT2D eigenvalue weighted by Crippen LogP contribution is 2.41. The predicted octanol–water partition coefficient (Wildman–Crippen LogP) is 9.91. The molecule has 0 saturated carbocycles. The van der Waals surface area contributed by atoms with Crippen molar-refractivity contribution in [3.63, 3.8) is 0 Å². The van der Waals surface area contributed by atoms with E-state index in [0.29, 0.717) is 17.5 Å². The summed E-state index contributed by atoms with van der Waals surface area (Å²) in [4.78, 5) is 14.9. The van der Waals surface area contributed by atoms with Crippen LogP contribution in [0.2, 0.25) is 0 Å². The molecule has 0 fully saturated rings. The van der Waals surface area contributed by atoms with Crippen LogP contribution >= 0.6 is 0 Å². The SMILES string of the molecule is c1ccc(-c2nc(-c3ccccc3)nc(-c3cccc(-n4c5ccccc5c5c6ccccc6n(-c6ccccc6)c54)c3)n2)cc1. The molecule has 3 aromatic heterocycles. The smallest absolute Gasteiger partial charge is 0.164 e. The monoisotopic (exact) mass is 589 g/mol. The zero-order valence-electron chi connectivity index (χ0n) is 24.8. The van der Waals surface area contributed by atoms with Crippen LogP contribution in [0, 0.1) is 0 Å². The van der Waals surface area contributed by atoms with E-state index in [1.54, 1.807) is 0 Å². The highest BCUT2D eigenvalue weighted by atomic mass is 15.1. The second-order valence-corrected chi connectivity index (χ2v) is 11.3. The third kappa shape index (κ3) is 4.21. The van der Waals surface area contributed by atoms with Gasteiger partial charge in [-0.1, -0.05) is 127 Å². The van der Waals surface area contributed by atoms with E-state index in [1.807, 2.05) is 60.7 Å². The summed E-state index contributed by atoms with van der Waals surface area (Å²) in [5.41, 5.74) is 8.41. The molecule has 0 radical (unpaired) electrons. The highest BCUT2D eigenvalue weighted by molar-refractivity contribution is 6.22. The molecule has 9 rings (SSSR count). The number of hydrogen-bond acceptors (Lipinski definition) is 3. The third-order valence-electron chi connectivity index (χ3n) is 8.55. The summed E-state index contributed by atoms with van der Waals surface area (Å²) in [6.07, 6.45) is 0. The normalized spacial score (nSPS) is 11.5. The summed E-state index contributed by atoms with van der Waals surface area (Å²) in [5, 5.41) is 3.68. The molecular weight excluding hydrogens is 562 g/mol.